The summed E-state index contributed by atoms with van der Waals surface area (Å²) >= 11 is 3.64. The fourth-order valence-electron chi connectivity index (χ4n) is 3.18. The third-order valence-electron chi connectivity index (χ3n) is 4.30. The topological polar surface area (TPSA) is 24.5 Å². The summed E-state index contributed by atoms with van der Waals surface area (Å²) in [5, 5.41) is 3.46. The second kappa shape index (κ2) is 9.53. The van der Waals surface area contributed by atoms with E-state index in [0.717, 1.165) is 43.0 Å². The number of hydrogen-bond acceptors (Lipinski definition) is 3. The van der Waals surface area contributed by atoms with Crippen LogP contribution in [0.15, 0.2) is 22.7 Å². The molecule has 1 saturated heterocycles. The van der Waals surface area contributed by atoms with Crippen LogP contribution in [0, 0.1) is 0 Å². The molecule has 0 aromatic heterocycles. The van der Waals surface area contributed by atoms with E-state index in [1.165, 1.54) is 31.2 Å². The van der Waals surface area contributed by atoms with E-state index in [-0.39, 0.29) is 0 Å². The molecule has 1 aliphatic rings. The third-order valence-corrected chi connectivity index (χ3v) is 4.80. The highest BCUT2D eigenvalue weighted by atomic mass is 79.9. The van der Waals surface area contributed by atoms with Crippen LogP contribution in [0.1, 0.15) is 51.1 Å². The molecule has 0 spiro atoms. The van der Waals surface area contributed by atoms with Gasteiger partial charge in [0.25, 0.3) is 0 Å². The lowest BCUT2D eigenvalue weighted by Gasteiger charge is -2.36. The zero-order valence-electron chi connectivity index (χ0n) is 13.9. The van der Waals surface area contributed by atoms with Gasteiger partial charge in [0.2, 0.25) is 0 Å². The predicted molar refractivity (Wildman–Crippen MR) is 96.6 cm³/mol. The van der Waals surface area contributed by atoms with Crippen LogP contribution < -0.4 is 10.1 Å². The largest absolute Gasteiger partial charge is 0.494 e. The summed E-state index contributed by atoms with van der Waals surface area (Å²) in [7, 11) is 0. The Morgan fingerprint density at radius 2 is 2.00 bits per heavy atom. The maximum Gasteiger partial charge on any atom is 0.124 e. The van der Waals surface area contributed by atoms with Crippen molar-refractivity contribution in [2.75, 3.05) is 32.8 Å². The van der Waals surface area contributed by atoms with Crippen molar-refractivity contribution in [3.05, 3.63) is 28.2 Å². The van der Waals surface area contributed by atoms with Crippen LogP contribution in [0.5, 0.6) is 5.75 Å². The highest BCUT2D eigenvalue weighted by Gasteiger charge is 2.24. The fraction of sp³-hybridized carbons (Fsp3) is 0.667. The second-order valence-electron chi connectivity index (χ2n) is 5.91. The smallest absolute Gasteiger partial charge is 0.124 e. The molecule has 0 radical (unpaired) electrons. The first kappa shape index (κ1) is 17.8. The van der Waals surface area contributed by atoms with Gasteiger partial charge < -0.3 is 10.1 Å². The van der Waals surface area contributed by atoms with Crippen LogP contribution in [0.2, 0.25) is 0 Å². The molecule has 1 aliphatic heterocycles. The van der Waals surface area contributed by atoms with E-state index in [0.29, 0.717) is 6.04 Å². The predicted octanol–water partition coefficient (Wildman–Crippen LogP) is 4.37. The Morgan fingerprint density at radius 1 is 1.23 bits per heavy atom. The second-order valence-corrected chi connectivity index (χ2v) is 6.83. The van der Waals surface area contributed by atoms with Crippen molar-refractivity contribution in [2.45, 2.75) is 45.6 Å². The highest BCUT2D eigenvalue weighted by molar-refractivity contribution is 9.10. The monoisotopic (exact) mass is 368 g/mol. The molecule has 1 fully saturated rings. The summed E-state index contributed by atoms with van der Waals surface area (Å²) in [6, 6.07) is 6.91. The zero-order chi connectivity index (χ0) is 15.8. The molecule has 2 rings (SSSR count). The van der Waals surface area contributed by atoms with E-state index in [1.807, 2.05) is 0 Å². The van der Waals surface area contributed by atoms with E-state index >= 15 is 0 Å². The maximum absolute atomic E-state index is 5.91. The average molecular weight is 369 g/mol. The van der Waals surface area contributed by atoms with Gasteiger partial charge in [-0.15, -0.1) is 0 Å². The summed E-state index contributed by atoms with van der Waals surface area (Å²) < 4.78 is 7.05. The van der Waals surface area contributed by atoms with E-state index in [1.54, 1.807) is 0 Å². The number of nitrogens with zero attached hydrogens (tertiary/aromatic N) is 1. The number of rotatable bonds is 8. The molecule has 0 amide bonds. The Balaban J connectivity index is 2.23. The van der Waals surface area contributed by atoms with Gasteiger partial charge in [-0.05, 0) is 31.5 Å². The van der Waals surface area contributed by atoms with E-state index in [4.69, 9.17) is 4.74 Å². The van der Waals surface area contributed by atoms with Crippen LogP contribution in [0.25, 0.3) is 0 Å². The number of nitrogens with one attached hydrogen (secondary N) is 1. The van der Waals surface area contributed by atoms with Crippen molar-refractivity contribution in [1.29, 1.82) is 0 Å². The summed E-state index contributed by atoms with van der Waals surface area (Å²) in [5.41, 5.74) is 1.34. The first-order valence-corrected chi connectivity index (χ1v) is 9.42. The first-order valence-electron chi connectivity index (χ1n) is 8.63. The van der Waals surface area contributed by atoms with Gasteiger partial charge in [0.05, 0.1) is 6.61 Å². The van der Waals surface area contributed by atoms with Gasteiger partial charge in [0, 0.05) is 42.3 Å². The zero-order valence-corrected chi connectivity index (χ0v) is 15.5. The SMILES string of the molecule is CCCCC[C@@H](c1cc(Br)ccc1OCC)N1CCNCC1. The number of hydrogen-bond donors (Lipinski definition) is 1. The standard InChI is InChI=1S/C18H29BrN2O/c1-3-5-6-7-17(21-12-10-20-11-13-21)16-14-15(19)8-9-18(16)22-4-2/h8-9,14,17,20H,3-7,10-13H2,1-2H3/t17-/m0/s1. The molecule has 0 saturated carbocycles. The third kappa shape index (κ3) is 4.97. The number of piperazine rings is 1. The molecule has 0 bridgehead atoms. The van der Waals surface area contributed by atoms with Crippen LogP contribution >= 0.6 is 15.9 Å². The van der Waals surface area contributed by atoms with Gasteiger partial charge in [-0.2, -0.15) is 0 Å². The minimum Gasteiger partial charge on any atom is -0.494 e. The minimum atomic E-state index is 0.465. The molecule has 1 atom stereocenters. The lowest BCUT2D eigenvalue weighted by molar-refractivity contribution is 0.159. The van der Waals surface area contributed by atoms with Crippen molar-refractivity contribution in [1.82, 2.24) is 10.2 Å². The Kier molecular flexibility index (Phi) is 7.70. The van der Waals surface area contributed by atoms with Gasteiger partial charge in [0.1, 0.15) is 5.75 Å². The number of unbranched alkanes of at least 4 members (excludes halogenated alkanes) is 2. The summed E-state index contributed by atoms with van der Waals surface area (Å²) in [6.45, 7) is 9.46. The normalized spacial score (nSPS) is 17.4. The molecule has 1 heterocycles. The minimum absolute atomic E-state index is 0.465. The Labute approximate surface area is 143 Å². The summed E-state index contributed by atoms with van der Waals surface area (Å²) in [6.07, 6.45) is 5.07. The molecular weight excluding hydrogens is 340 g/mol. The molecular formula is C18H29BrN2O. The van der Waals surface area contributed by atoms with E-state index < -0.39 is 0 Å². The number of ether oxygens (including phenoxy) is 1. The molecule has 1 aromatic carbocycles. The van der Waals surface area contributed by atoms with Crippen LogP contribution in [-0.2, 0) is 0 Å². The Morgan fingerprint density at radius 3 is 2.68 bits per heavy atom. The first-order chi connectivity index (χ1) is 10.8. The molecule has 1 aromatic rings. The molecule has 1 N–H and O–H groups in total. The summed E-state index contributed by atoms with van der Waals surface area (Å²) in [5.74, 6) is 1.05. The van der Waals surface area contributed by atoms with Crippen molar-refractivity contribution in [2.24, 2.45) is 0 Å². The Hall–Kier alpha value is -0.580. The van der Waals surface area contributed by atoms with Gasteiger partial charge in [-0.1, -0.05) is 42.1 Å². The quantitative estimate of drug-likeness (QED) is 0.689. The molecule has 22 heavy (non-hydrogen) atoms. The van der Waals surface area contributed by atoms with Crippen LogP contribution in [0.3, 0.4) is 0 Å². The molecule has 3 nitrogen and oxygen atoms in total. The van der Waals surface area contributed by atoms with Crippen molar-refractivity contribution in [3.63, 3.8) is 0 Å². The van der Waals surface area contributed by atoms with Gasteiger partial charge >= 0.3 is 0 Å². The summed E-state index contributed by atoms with van der Waals surface area (Å²) in [4.78, 5) is 2.62. The Bertz CT molecular complexity index is 447. The number of benzene rings is 1. The molecule has 0 aliphatic carbocycles. The van der Waals surface area contributed by atoms with Gasteiger partial charge in [-0.3, -0.25) is 4.90 Å². The van der Waals surface area contributed by atoms with Crippen molar-refractivity contribution < 1.29 is 4.74 Å². The van der Waals surface area contributed by atoms with Crippen LogP contribution in [-0.4, -0.2) is 37.7 Å². The highest BCUT2D eigenvalue weighted by Crippen LogP contribution is 2.35. The van der Waals surface area contributed by atoms with Gasteiger partial charge in [-0.25, -0.2) is 0 Å². The van der Waals surface area contributed by atoms with Gasteiger partial charge in [0.15, 0.2) is 0 Å². The maximum atomic E-state index is 5.91. The van der Waals surface area contributed by atoms with Crippen molar-refractivity contribution in [3.8, 4) is 5.75 Å². The van der Waals surface area contributed by atoms with Crippen LogP contribution in [0.4, 0.5) is 0 Å². The lowest BCUT2D eigenvalue weighted by atomic mass is 9.97. The van der Waals surface area contributed by atoms with Crippen molar-refractivity contribution >= 4 is 15.9 Å². The molecule has 0 unspecified atom stereocenters. The number of halogens is 1. The fourth-order valence-corrected chi connectivity index (χ4v) is 3.56. The van der Waals surface area contributed by atoms with E-state index in [9.17, 15) is 0 Å². The lowest BCUT2D eigenvalue weighted by Crippen LogP contribution is -2.45. The molecule has 4 heteroatoms. The van der Waals surface area contributed by atoms with E-state index in [2.05, 4.69) is 58.2 Å². The average Bonchev–Trinajstić information content (AvgIpc) is 2.55. The molecule has 124 valence electrons.